The number of hydrogen-bond acceptors (Lipinski definition) is 3. The van der Waals surface area contributed by atoms with Crippen LogP contribution in [0.2, 0.25) is 0 Å². The van der Waals surface area contributed by atoms with Crippen LogP contribution in [0.1, 0.15) is 59.3 Å². The summed E-state index contributed by atoms with van der Waals surface area (Å²) in [7, 11) is 1.81. The van der Waals surface area contributed by atoms with Gasteiger partial charge in [0.05, 0.1) is 6.61 Å². The molecule has 1 N–H and O–H groups in total. The van der Waals surface area contributed by atoms with Gasteiger partial charge in [-0.25, -0.2) is 0 Å². The summed E-state index contributed by atoms with van der Waals surface area (Å²) >= 11 is 0. The fourth-order valence-corrected chi connectivity index (χ4v) is 3.82. The average molecular weight is 284 g/mol. The van der Waals surface area contributed by atoms with E-state index in [2.05, 4.69) is 31.0 Å². The molecule has 1 aliphatic rings. The van der Waals surface area contributed by atoms with Gasteiger partial charge in [0, 0.05) is 32.8 Å². The largest absolute Gasteiger partial charge is 0.383 e. The third-order valence-corrected chi connectivity index (χ3v) is 4.92. The monoisotopic (exact) mass is 284 g/mol. The van der Waals surface area contributed by atoms with Crippen LogP contribution in [0.4, 0.5) is 0 Å². The van der Waals surface area contributed by atoms with Crippen molar-refractivity contribution in [2.75, 3.05) is 39.9 Å². The first kappa shape index (κ1) is 17.9. The molecule has 1 atom stereocenters. The van der Waals surface area contributed by atoms with Crippen molar-refractivity contribution in [2.45, 2.75) is 65.3 Å². The van der Waals surface area contributed by atoms with E-state index in [0.29, 0.717) is 11.5 Å². The fourth-order valence-electron chi connectivity index (χ4n) is 3.82. The first-order chi connectivity index (χ1) is 9.71. The molecule has 3 nitrogen and oxygen atoms in total. The van der Waals surface area contributed by atoms with Crippen LogP contribution in [0.25, 0.3) is 0 Å². The van der Waals surface area contributed by atoms with Gasteiger partial charge in [0.2, 0.25) is 0 Å². The summed E-state index contributed by atoms with van der Waals surface area (Å²) in [6, 6.07) is 0.709. The van der Waals surface area contributed by atoms with Gasteiger partial charge in [-0.1, -0.05) is 27.2 Å². The molecule has 0 amide bonds. The lowest BCUT2D eigenvalue weighted by molar-refractivity contribution is 0.0518. The Morgan fingerprint density at radius 3 is 2.50 bits per heavy atom. The molecule has 1 rings (SSSR count). The number of methoxy groups -OCH3 is 1. The van der Waals surface area contributed by atoms with Crippen molar-refractivity contribution >= 4 is 0 Å². The van der Waals surface area contributed by atoms with Crippen LogP contribution >= 0.6 is 0 Å². The number of ether oxygens (including phenoxy) is 1. The van der Waals surface area contributed by atoms with Crippen LogP contribution in [-0.2, 0) is 4.74 Å². The van der Waals surface area contributed by atoms with Crippen LogP contribution in [0, 0.1) is 5.41 Å². The van der Waals surface area contributed by atoms with E-state index in [1.54, 1.807) is 0 Å². The SMILES string of the molecule is CCCC1(CN(CCOC)C(CC)CC)CCCNC1. The van der Waals surface area contributed by atoms with E-state index in [0.717, 1.165) is 13.2 Å². The normalized spacial score (nSPS) is 23.7. The molecule has 1 unspecified atom stereocenters. The highest BCUT2D eigenvalue weighted by molar-refractivity contribution is 4.89. The zero-order valence-corrected chi connectivity index (χ0v) is 14.2. The Hall–Kier alpha value is -0.120. The van der Waals surface area contributed by atoms with Gasteiger partial charge in [0.25, 0.3) is 0 Å². The second kappa shape index (κ2) is 9.75. The molecule has 0 aromatic rings. The zero-order valence-electron chi connectivity index (χ0n) is 14.2. The third kappa shape index (κ3) is 5.34. The smallest absolute Gasteiger partial charge is 0.0589 e. The van der Waals surface area contributed by atoms with Gasteiger partial charge in [0.1, 0.15) is 0 Å². The van der Waals surface area contributed by atoms with Gasteiger partial charge >= 0.3 is 0 Å². The highest BCUT2D eigenvalue weighted by Crippen LogP contribution is 2.33. The number of hydrogen-bond donors (Lipinski definition) is 1. The minimum atomic E-state index is 0.489. The Balaban J connectivity index is 2.71. The van der Waals surface area contributed by atoms with Crippen molar-refractivity contribution in [3.05, 3.63) is 0 Å². The van der Waals surface area contributed by atoms with E-state index < -0.39 is 0 Å². The molecule has 0 radical (unpaired) electrons. The van der Waals surface area contributed by atoms with Gasteiger partial charge < -0.3 is 10.1 Å². The van der Waals surface area contributed by atoms with E-state index in [9.17, 15) is 0 Å². The predicted octanol–water partition coefficient (Wildman–Crippen LogP) is 3.29. The number of nitrogens with zero attached hydrogens (tertiary/aromatic N) is 1. The topological polar surface area (TPSA) is 24.5 Å². The second-order valence-corrected chi connectivity index (χ2v) is 6.46. The van der Waals surface area contributed by atoms with Crippen LogP contribution in [0.5, 0.6) is 0 Å². The molecule has 0 spiro atoms. The lowest BCUT2D eigenvalue weighted by Crippen LogP contribution is -2.50. The highest BCUT2D eigenvalue weighted by atomic mass is 16.5. The van der Waals surface area contributed by atoms with Gasteiger partial charge in [-0.15, -0.1) is 0 Å². The van der Waals surface area contributed by atoms with Gasteiger partial charge in [-0.2, -0.15) is 0 Å². The first-order valence-corrected chi connectivity index (χ1v) is 8.65. The Morgan fingerprint density at radius 1 is 1.25 bits per heavy atom. The summed E-state index contributed by atoms with van der Waals surface area (Å²) < 4.78 is 5.34. The Bertz CT molecular complexity index is 230. The lowest BCUT2D eigenvalue weighted by atomic mass is 9.76. The van der Waals surface area contributed by atoms with Crippen molar-refractivity contribution in [3.8, 4) is 0 Å². The Morgan fingerprint density at radius 2 is 2.00 bits per heavy atom. The lowest BCUT2D eigenvalue weighted by Gasteiger charge is -2.44. The minimum absolute atomic E-state index is 0.489. The summed E-state index contributed by atoms with van der Waals surface area (Å²) in [5, 5.41) is 3.64. The molecule has 0 aliphatic carbocycles. The first-order valence-electron chi connectivity index (χ1n) is 8.65. The number of nitrogens with one attached hydrogen (secondary N) is 1. The molecule has 20 heavy (non-hydrogen) atoms. The van der Waals surface area contributed by atoms with Gasteiger partial charge in [-0.05, 0) is 44.1 Å². The molecular formula is C17H36N2O. The molecule has 0 aromatic heterocycles. The van der Waals surface area contributed by atoms with Crippen molar-refractivity contribution in [3.63, 3.8) is 0 Å². The van der Waals surface area contributed by atoms with E-state index in [1.807, 2.05) is 7.11 Å². The minimum Gasteiger partial charge on any atom is -0.383 e. The van der Waals surface area contributed by atoms with Crippen LogP contribution in [0.3, 0.4) is 0 Å². The molecule has 0 bridgehead atoms. The maximum absolute atomic E-state index is 5.34. The predicted molar refractivity (Wildman–Crippen MR) is 87.3 cm³/mol. The summed E-state index contributed by atoms with van der Waals surface area (Å²) in [6.45, 7) is 12.5. The van der Waals surface area contributed by atoms with Gasteiger partial charge in [-0.3, -0.25) is 4.90 Å². The van der Waals surface area contributed by atoms with E-state index >= 15 is 0 Å². The van der Waals surface area contributed by atoms with E-state index in [1.165, 1.54) is 58.2 Å². The summed E-state index contributed by atoms with van der Waals surface area (Å²) in [4.78, 5) is 2.70. The maximum atomic E-state index is 5.34. The average Bonchev–Trinajstić information content (AvgIpc) is 2.47. The third-order valence-electron chi connectivity index (χ3n) is 4.92. The molecule has 120 valence electrons. The fraction of sp³-hybridized carbons (Fsp3) is 1.00. The molecule has 3 heteroatoms. The Labute approximate surface area is 126 Å². The van der Waals surface area contributed by atoms with Crippen LogP contribution < -0.4 is 5.32 Å². The molecule has 1 heterocycles. The second-order valence-electron chi connectivity index (χ2n) is 6.46. The molecule has 0 aromatic carbocycles. The molecule has 0 saturated carbocycles. The van der Waals surface area contributed by atoms with E-state index in [4.69, 9.17) is 4.74 Å². The molecule has 1 fully saturated rings. The molecule has 1 aliphatic heterocycles. The van der Waals surface area contributed by atoms with Crippen LogP contribution in [-0.4, -0.2) is 50.8 Å². The maximum Gasteiger partial charge on any atom is 0.0589 e. The highest BCUT2D eigenvalue weighted by Gasteiger charge is 2.34. The van der Waals surface area contributed by atoms with E-state index in [-0.39, 0.29) is 0 Å². The van der Waals surface area contributed by atoms with Crippen LogP contribution in [0.15, 0.2) is 0 Å². The summed E-state index contributed by atoms with van der Waals surface area (Å²) in [5.74, 6) is 0. The zero-order chi connectivity index (χ0) is 14.8. The van der Waals surface area contributed by atoms with Crippen molar-refractivity contribution < 1.29 is 4.74 Å². The quantitative estimate of drug-likeness (QED) is 0.666. The summed E-state index contributed by atoms with van der Waals surface area (Å²) in [6.07, 6.45) is 7.86. The van der Waals surface area contributed by atoms with Crippen molar-refractivity contribution in [1.82, 2.24) is 10.2 Å². The summed E-state index contributed by atoms with van der Waals surface area (Å²) in [5.41, 5.74) is 0.489. The van der Waals surface area contributed by atoms with Crippen molar-refractivity contribution in [1.29, 1.82) is 0 Å². The Kier molecular flexibility index (Phi) is 8.74. The number of piperidine rings is 1. The molecule has 1 saturated heterocycles. The van der Waals surface area contributed by atoms with Gasteiger partial charge in [0.15, 0.2) is 0 Å². The number of rotatable bonds is 10. The van der Waals surface area contributed by atoms with Crippen molar-refractivity contribution in [2.24, 2.45) is 5.41 Å². The standard InChI is InChI=1S/C17H36N2O/c1-5-9-17(10-8-11-18-14-17)15-19(12-13-20-4)16(6-2)7-3/h16,18H,5-15H2,1-4H3. The molecular weight excluding hydrogens is 248 g/mol.